The standard InChI is InChI=1S/C7H4Cl2O2.C7H8ClN/c8-4-1-2-5(7(10)11)6(9)3-4;8-7-3-1-6(5-9)2-4-7/h1-3H,(H,10,11);1-4H,5,9H2. The fourth-order valence-corrected chi connectivity index (χ4v) is 1.92. The largest absolute Gasteiger partial charge is 0.545 e. The van der Waals surface area contributed by atoms with E-state index in [1.54, 1.807) is 0 Å². The van der Waals surface area contributed by atoms with Gasteiger partial charge >= 0.3 is 0 Å². The Bertz CT molecular complexity index is 585. The fraction of sp³-hybridized carbons (Fsp3) is 0.0714. The fourth-order valence-electron chi connectivity index (χ4n) is 1.31. The van der Waals surface area contributed by atoms with Gasteiger partial charge in [0, 0.05) is 21.2 Å². The molecule has 3 nitrogen and oxygen atoms in total. The lowest BCUT2D eigenvalue weighted by Crippen LogP contribution is -2.47. The van der Waals surface area contributed by atoms with Crippen LogP contribution < -0.4 is 10.8 Å². The smallest absolute Gasteiger partial charge is 0.0997 e. The van der Waals surface area contributed by atoms with E-state index < -0.39 is 5.97 Å². The number of quaternary nitrogens is 1. The molecule has 0 saturated heterocycles. The van der Waals surface area contributed by atoms with E-state index in [1.165, 1.54) is 23.8 Å². The number of carbonyl (C=O) groups excluding carboxylic acids is 1. The third-order valence-corrected chi connectivity index (χ3v) is 3.15. The zero-order valence-electron chi connectivity index (χ0n) is 10.4. The van der Waals surface area contributed by atoms with Gasteiger partial charge in [-0.2, -0.15) is 0 Å². The van der Waals surface area contributed by atoms with Gasteiger partial charge in [0.2, 0.25) is 0 Å². The Morgan fingerprint density at radius 3 is 2.00 bits per heavy atom. The molecule has 0 radical (unpaired) electrons. The van der Waals surface area contributed by atoms with Crippen LogP contribution in [0.4, 0.5) is 0 Å². The van der Waals surface area contributed by atoms with Gasteiger partial charge in [-0.1, -0.05) is 53.0 Å². The summed E-state index contributed by atoms with van der Waals surface area (Å²) in [6.07, 6.45) is 0. The van der Waals surface area contributed by atoms with Crippen LogP contribution >= 0.6 is 34.8 Å². The quantitative estimate of drug-likeness (QED) is 0.918. The lowest BCUT2D eigenvalue weighted by atomic mass is 10.2. The molecule has 2 aromatic rings. The molecule has 0 aromatic heterocycles. The number of halogens is 3. The summed E-state index contributed by atoms with van der Waals surface area (Å²) in [6, 6.07) is 11.8. The van der Waals surface area contributed by atoms with Crippen LogP contribution in [-0.2, 0) is 6.54 Å². The van der Waals surface area contributed by atoms with Crippen molar-refractivity contribution >= 4 is 40.8 Å². The van der Waals surface area contributed by atoms with Crippen LogP contribution in [0.25, 0.3) is 0 Å². The average molecular weight is 333 g/mol. The van der Waals surface area contributed by atoms with Crippen molar-refractivity contribution in [1.29, 1.82) is 0 Å². The Labute approximate surface area is 131 Å². The molecular formula is C14H12Cl3NO2. The predicted molar refractivity (Wildman–Crippen MR) is 78.8 cm³/mol. The number of benzene rings is 2. The maximum Gasteiger partial charge on any atom is 0.0997 e. The number of carboxylic acid groups (broad SMARTS) is 1. The van der Waals surface area contributed by atoms with E-state index in [4.69, 9.17) is 34.8 Å². The molecule has 0 aliphatic rings. The molecule has 0 aliphatic heterocycles. The molecule has 6 heteroatoms. The van der Waals surface area contributed by atoms with Crippen molar-refractivity contribution in [3.05, 3.63) is 68.7 Å². The van der Waals surface area contributed by atoms with Gasteiger partial charge in [0.25, 0.3) is 0 Å². The molecule has 0 fully saturated rings. The van der Waals surface area contributed by atoms with Crippen molar-refractivity contribution in [3.8, 4) is 0 Å². The van der Waals surface area contributed by atoms with Crippen molar-refractivity contribution in [2.75, 3.05) is 0 Å². The van der Waals surface area contributed by atoms with Gasteiger partial charge in [0.05, 0.1) is 17.5 Å². The van der Waals surface area contributed by atoms with Gasteiger partial charge in [-0.05, 0) is 24.3 Å². The van der Waals surface area contributed by atoms with E-state index in [2.05, 4.69) is 5.73 Å². The maximum atomic E-state index is 10.3. The van der Waals surface area contributed by atoms with Crippen LogP contribution in [0.5, 0.6) is 0 Å². The first-order valence-electron chi connectivity index (χ1n) is 5.64. The molecule has 106 valence electrons. The molecule has 0 aliphatic carbocycles. The highest BCUT2D eigenvalue weighted by molar-refractivity contribution is 6.36. The number of rotatable bonds is 2. The van der Waals surface area contributed by atoms with E-state index in [0.29, 0.717) is 5.02 Å². The molecule has 0 heterocycles. The summed E-state index contributed by atoms with van der Waals surface area (Å²) in [4.78, 5) is 10.3. The highest BCUT2D eigenvalue weighted by Gasteiger charge is 2.00. The highest BCUT2D eigenvalue weighted by Crippen LogP contribution is 2.19. The van der Waals surface area contributed by atoms with Gasteiger partial charge in [0.1, 0.15) is 0 Å². The van der Waals surface area contributed by atoms with Crippen molar-refractivity contribution in [2.24, 2.45) is 0 Å². The topological polar surface area (TPSA) is 67.8 Å². The summed E-state index contributed by atoms with van der Waals surface area (Å²) in [6.45, 7) is 0.831. The molecule has 0 bridgehead atoms. The van der Waals surface area contributed by atoms with Crippen LogP contribution in [0.15, 0.2) is 42.5 Å². The van der Waals surface area contributed by atoms with Crippen molar-refractivity contribution < 1.29 is 15.6 Å². The lowest BCUT2D eigenvalue weighted by Gasteiger charge is -2.03. The van der Waals surface area contributed by atoms with Crippen LogP contribution in [0.2, 0.25) is 15.1 Å². The highest BCUT2D eigenvalue weighted by atomic mass is 35.5. The van der Waals surface area contributed by atoms with Crippen LogP contribution in [0, 0.1) is 0 Å². The minimum atomic E-state index is -1.30. The van der Waals surface area contributed by atoms with Gasteiger partial charge in [-0.15, -0.1) is 0 Å². The van der Waals surface area contributed by atoms with Gasteiger partial charge in [-0.3, -0.25) is 0 Å². The van der Waals surface area contributed by atoms with E-state index in [9.17, 15) is 9.90 Å². The maximum absolute atomic E-state index is 10.3. The average Bonchev–Trinajstić information content (AvgIpc) is 2.40. The van der Waals surface area contributed by atoms with E-state index >= 15 is 0 Å². The van der Waals surface area contributed by atoms with E-state index in [-0.39, 0.29) is 10.6 Å². The van der Waals surface area contributed by atoms with Crippen molar-refractivity contribution in [1.82, 2.24) is 0 Å². The minimum absolute atomic E-state index is 0.0453. The van der Waals surface area contributed by atoms with Gasteiger partial charge in [-0.25, -0.2) is 0 Å². The second-order valence-electron chi connectivity index (χ2n) is 3.79. The Kier molecular flexibility index (Phi) is 6.82. The first kappa shape index (κ1) is 16.8. The molecule has 0 amide bonds. The van der Waals surface area contributed by atoms with Crippen LogP contribution in [0.1, 0.15) is 15.9 Å². The summed E-state index contributed by atoms with van der Waals surface area (Å²) in [5.41, 5.74) is 4.92. The van der Waals surface area contributed by atoms with Gasteiger partial charge in [0.15, 0.2) is 0 Å². The summed E-state index contributed by atoms with van der Waals surface area (Å²) in [7, 11) is 0. The SMILES string of the molecule is O=C([O-])c1ccc(Cl)cc1Cl.[NH3+]Cc1ccc(Cl)cc1. The zero-order valence-corrected chi connectivity index (χ0v) is 12.7. The monoisotopic (exact) mass is 331 g/mol. The summed E-state index contributed by atoms with van der Waals surface area (Å²) >= 11 is 16.7. The second-order valence-corrected chi connectivity index (χ2v) is 5.07. The van der Waals surface area contributed by atoms with Gasteiger partial charge < -0.3 is 15.6 Å². The molecule has 2 aromatic carbocycles. The van der Waals surface area contributed by atoms with E-state index in [1.807, 2.05) is 24.3 Å². The summed E-state index contributed by atoms with van der Waals surface area (Å²) in [5.74, 6) is -1.30. The number of aromatic carboxylic acids is 1. The molecule has 0 spiro atoms. The summed E-state index contributed by atoms with van der Waals surface area (Å²) in [5, 5.41) is 11.6. The number of hydrogen-bond donors (Lipinski definition) is 1. The molecule has 0 unspecified atom stereocenters. The molecule has 20 heavy (non-hydrogen) atoms. The summed E-state index contributed by atoms with van der Waals surface area (Å²) < 4.78 is 0. The Morgan fingerprint density at radius 2 is 1.55 bits per heavy atom. The Hall–Kier alpha value is -1.26. The van der Waals surface area contributed by atoms with E-state index in [0.717, 1.165) is 11.6 Å². The second kappa shape index (κ2) is 8.12. The number of carboxylic acids is 1. The minimum Gasteiger partial charge on any atom is -0.545 e. The zero-order chi connectivity index (χ0) is 15.1. The number of hydrogen-bond acceptors (Lipinski definition) is 2. The van der Waals surface area contributed by atoms with Crippen LogP contribution in [-0.4, -0.2) is 5.97 Å². The predicted octanol–water partition coefficient (Wildman–Crippen LogP) is 2.44. The first-order chi connectivity index (χ1) is 9.43. The molecule has 0 saturated carbocycles. The normalized spacial score (nSPS) is 9.60. The van der Waals surface area contributed by atoms with Crippen LogP contribution in [0.3, 0.4) is 0 Å². The molecular weight excluding hydrogens is 321 g/mol. The molecule has 2 rings (SSSR count). The lowest BCUT2D eigenvalue weighted by molar-refractivity contribution is -0.386. The first-order valence-corrected chi connectivity index (χ1v) is 6.77. The molecule has 0 atom stereocenters. The Balaban J connectivity index is 0.000000204. The van der Waals surface area contributed by atoms with Crippen molar-refractivity contribution in [2.45, 2.75) is 6.54 Å². The molecule has 3 N–H and O–H groups in total. The van der Waals surface area contributed by atoms with Crippen molar-refractivity contribution in [3.63, 3.8) is 0 Å². The Morgan fingerprint density at radius 1 is 1.00 bits per heavy atom. The number of carbonyl (C=O) groups is 1. The third kappa shape index (κ3) is 5.39. The third-order valence-electron chi connectivity index (χ3n) is 2.35.